The molecule has 4 rings (SSSR count). The number of rotatable bonds is 4. The Morgan fingerprint density at radius 2 is 1.71 bits per heavy atom. The Labute approximate surface area is 142 Å². The highest BCUT2D eigenvalue weighted by atomic mass is 15.3. The molecule has 0 bridgehead atoms. The van der Waals surface area contributed by atoms with Crippen molar-refractivity contribution in [1.29, 1.82) is 0 Å². The lowest BCUT2D eigenvalue weighted by Gasteiger charge is -2.16. The quantitative estimate of drug-likeness (QED) is 0.741. The summed E-state index contributed by atoms with van der Waals surface area (Å²) in [5.41, 5.74) is 5.29. The second kappa shape index (κ2) is 6.23. The van der Waals surface area contributed by atoms with Crippen LogP contribution in [0.2, 0.25) is 0 Å². The van der Waals surface area contributed by atoms with Gasteiger partial charge in [-0.1, -0.05) is 6.07 Å². The molecule has 0 amide bonds. The topological polar surface area (TPSA) is 46.3 Å². The number of aryl methyl sites for hydroxylation is 4. The summed E-state index contributed by atoms with van der Waals surface area (Å²) < 4.78 is 1.94. The highest BCUT2D eigenvalue weighted by Crippen LogP contribution is 2.18. The molecule has 5 heteroatoms. The first-order chi connectivity index (χ1) is 11.7. The van der Waals surface area contributed by atoms with Crippen LogP contribution in [0.15, 0.2) is 30.3 Å². The van der Waals surface area contributed by atoms with Crippen molar-refractivity contribution < 1.29 is 0 Å². The second-order valence-electron chi connectivity index (χ2n) is 6.56. The maximum Gasteiger partial charge on any atom is 0.154 e. The molecule has 5 nitrogen and oxygen atoms in total. The van der Waals surface area contributed by atoms with Crippen molar-refractivity contribution in [1.82, 2.24) is 19.6 Å². The standard InChI is InChI=1S/C19H23N5/c1-14-15(2)24-19(20-14)11-10-17(22-24)9-8-16-6-5-7-18(21-16)23-12-3-4-13-23/h5-7,10-11H,3-4,8-9,12-13H2,1-2H3. The monoisotopic (exact) mass is 321 g/mol. The van der Waals surface area contributed by atoms with Gasteiger partial charge in [-0.15, -0.1) is 0 Å². The molecule has 1 fully saturated rings. The van der Waals surface area contributed by atoms with Gasteiger partial charge in [0.25, 0.3) is 0 Å². The van der Waals surface area contributed by atoms with Gasteiger partial charge in [0, 0.05) is 18.8 Å². The van der Waals surface area contributed by atoms with Crippen LogP contribution in [0.3, 0.4) is 0 Å². The van der Waals surface area contributed by atoms with E-state index < -0.39 is 0 Å². The normalized spacial score (nSPS) is 14.7. The van der Waals surface area contributed by atoms with Crippen LogP contribution in [0.4, 0.5) is 5.82 Å². The Hall–Kier alpha value is -2.43. The molecule has 0 atom stereocenters. The lowest BCUT2D eigenvalue weighted by molar-refractivity contribution is 0.795. The predicted octanol–water partition coefficient (Wildman–Crippen LogP) is 3.13. The summed E-state index contributed by atoms with van der Waals surface area (Å²) in [6.07, 6.45) is 4.36. The van der Waals surface area contributed by atoms with Gasteiger partial charge in [-0.2, -0.15) is 5.10 Å². The molecule has 1 aliphatic rings. The Kier molecular flexibility index (Phi) is 3.92. The lowest BCUT2D eigenvalue weighted by Crippen LogP contribution is -2.19. The van der Waals surface area contributed by atoms with E-state index in [1.807, 2.05) is 11.4 Å². The fourth-order valence-electron chi connectivity index (χ4n) is 3.31. The fraction of sp³-hybridized carbons (Fsp3) is 0.421. The van der Waals surface area contributed by atoms with Gasteiger partial charge < -0.3 is 4.90 Å². The highest BCUT2D eigenvalue weighted by Gasteiger charge is 2.13. The first kappa shape index (κ1) is 15.1. The van der Waals surface area contributed by atoms with Gasteiger partial charge in [-0.25, -0.2) is 14.5 Å². The van der Waals surface area contributed by atoms with Crippen LogP contribution in [0.5, 0.6) is 0 Å². The molecule has 0 radical (unpaired) electrons. The van der Waals surface area contributed by atoms with E-state index in [1.54, 1.807) is 0 Å². The maximum atomic E-state index is 4.83. The lowest BCUT2D eigenvalue weighted by atomic mass is 10.1. The van der Waals surface area contributed by atoms with Gasteiger partial charge in [0.15, 0.2) is 5.65 Å². The first-order valence-corrected chi connectivity index (χ1v) is 8.73. The summed E-state index contributed by atoms with van der Waals surface area (Å²) >= 11 is 0. The van der Waals surface area contributed by atoms with E-state index in [-0.39, 0.29) is 0 Å². The molecule has 0 N–H and O–H groups in total. The number of hydrogen-bond acceptors (Lipinski definition) is 4. The molecule has 124 valence electrons. The van der Waals surface area contributed by atoms with E-state index >= 15 is 0 Å². The number of aromatic nitrogens is 4. The minimum Gasteiger partial charge on any atom is -0.357 e. The van der Waals surface area contributed by atoms with Crippen LogP contribution in [-0.2, 0) is 12.8 Å². The minimum absolute atomic E-state index is 0.892. The van der Waals surface area contributed by atoms with Crippen molar-refractivity contribution in [2.24, 2.45) is 0 Å². The molecular weight excluding hydrogens is 298 g/mol. The second-order valence-corrected chi connectivity index (χ2v) is 6.56. The molecule has 24 heavy (non-hydrogen) atoms. The molecule has 0 aliphatic carbocycles. The molecule has 1 aliphatic heterocycles. The van der Waals surface area contributed by atoms with Crippen LogP contribution in [-0.4, -0.2) is 32.7 Å². The van der Waals surface area contributed by atoms with Crippen molar-refractivity contribution >= 4 is 11.5 Å². The summed E-state index contributed by atoms with van der Waals surface area (Å²) in [4.78, 5) is 11.7. The van der Waals surface area contributed by atoms with Crippen LogP contribution >= 0.6 is 0 Å². The zero-order valence-corrected chi connectivity index (χ0v) is 14.4. The van der Waals surface area contributed by atoms with Crippen molar-refractivity contribution in [3.05, 3.63) is 53.1 Å². The Balaban J connectivity index is 1.50. The maximum absolute atomic E-state index is 4.83. The molecule has 0 spiro atoms. The van der Waals surface area contributed by atoms with Crippen molar-refractivity contribution in [3.8, 4) is 0 Å². The highest BCUT2D eigenvalue weighted by molar-refractivity contribution is 5.42. The zero-order chi connectivity index (χ0) is 16.5. The average Bonchev–Trinajstić information content (AvgIpc) is 3.23. The Morgan fingerprint density at radius 3 is 2.54 bits per heavy atom. The average molecular weight is 321 g/mol. The van der Waals surface area contributed by atoms with Crippen molar-refractivity contribution in [2.45, 2.75) is 39.5 Å². The smallest absolute Gasteiger partial charge is 0.154 e. The van der Waals surface area contributed by atoms with Gasteiger partial charge in [-0.05, 0) is 63.8 Å². The number of imidazole rings is 1. The van der Waals surface area contributed by atoms with E-state index in [1.165, 1.54) is 12.8 Å². The van der Waals surface area contributed by atoms with Gasteiger partial charge in [0.2, 0.25) is 0 Å². The third kappa shape index (κ3) is 2.86. The first-order valence-electron chi connectivity index (χ1n) is 8.73. The summed E-state index contributed by atoms with van der Waals surface area (Å²) in [5, 5.41) is 4.73. The number of nitrogens with zero attached hydrogens (tertiary/aromatic N) is 5. The SMILES string of the molecule is Cc1nc2ccc(CCc3cccc(N4CCCC4)n3)nn2c1C. The molecule has 0 saturated carbocycles. The number of hydrogen-bond donors (Lipinski definition) is 0. The zero-order valence-electron chi connectivity index (χ0n) is 14.4. The summed E-state index contributed by atoms with van der Waals surface area (Å²) in [6, 6.07) is 10.5. The molecular formula is C19H23N5. The van der Waals surface area contributed by atoms with E-state index in [2.05, 4.69) is 47.1 Å². The van der Waals surface area contributed by atoms with E-state index in [0.29, 0.717) is 0 Å². The summed E-state index contributed by atoms with van der Waals surface area (Å²) in [7, 11) is 0. The number of pyridine rings is 1. The van der Waals surface area contributed by atoms with Gasteiger partial charge in [0.1, 0.15) is 5.82 Å². The van der Waals surface area contributed by atoms with E-state index in [4.69, 9.17) is 10.1 Å². The third-order valence-corrected chi connectivity index (χ3v) is 4.85. The van der Waals surface area contributed by atoms with Crippen LogP contribution in [0, 0.1) is 13.8 Å². The molecule has 4 heterocycles. The van der Waals surface area contributed by atoms with Gasteiger partial charge >= 0.3 is 0 Å². The van der Waals surface area contributed by atoms with E-state index in [9.17, 15) is 0 Å². The van der Waals surface area contributed by atoms with Gasteiger partial charge in [-0.3, -0.25) is 0 Å². The van der Waals surface area contributed by atoms with Crippen molar-refractivity contribution in [3.63, 3.8) is 0 Å². The summed E-state index contributed by atoms with van der Waals surface area (Å²) in [5.74, 6) is 1.12. The fourth-order valence-corrected chi connectivity index (χ4v) is 3.31. The number of anilines is 1. The number of fused-ring (bicyclic) bond motifs is 1. The largest absolute Gasteiger partial charge is 0.357 e. The summed E-state index contributed by atoms with van der Waals surface area (Å²) in [6.45, 7) is 6.35. The van der Waals surface area contributed by atoms with Crippen molar-refractivity contribution in [2.75, 3.05) is 18.0 Å². The Morgan fingerprint density at radius 1 is 0.917 bits per heavy atom. The van der Waals surface area contributed by atoms with Gasteiger partial charge in [0.05, 0.1) is 17.1 Å². The molecule has 1 saturated heterocycles. The van der Waals surface area contributed by atoms with E-state index in [0.717, 1.165) is 60.2 Å². The molecule has 3 aromatic rings. The van der Waals surface area contributed by atoms with Crippen LogP contribution in [0.1, 0.15) is 35.6 Å². The van der Waals surface area contributed by atoms with Crippen LogP contribution < -0.4 is 4.90 Å². The van der Waals surface area contributed by atoms with Crippen LogP contribution in [0.25, 0.3) is 5.65 Å². The third-order valence-electron chi connectivity index (χ3n) is 4.85. The molecule has 0 unspecified atom stereocenters. The predicted molar refractivity (Wildman–Crippen MR) is 95.6 cm³/mol. The molecule has 3 aromatic heterocycles. The minimum atomic E-state index is 0.892. The molecule has 0 aromatic carbocycles. The Bertz CT molecular complexity index is 861.